The average Bonchev–Trinajstić information content (AvgIpc) is 2.91. The summed E-state index contributed by atoms with van der Waals surface area (Å²) in [5.74, 6) is 2.39. The van der Waals surface area contributed by atoms with Crippen LogP contribution >= 0.6 is 15.9 Å². The van der Waals surface area contributed by atoms with Crippen LogP contribution in [0.2, 0.25) is 0 Å². The third-order valence-electron chi connectivity index (χ3n) is 5.10. The molecule has 2 saturated carbocycles. The molecule has 3 aliphatic rings. The molecule has 18 heavy (non-hydrogen) atoms. The normalized spacial score (nSPS) is 40.9. The maximum absolute atomic E-state index is 10.4. The van der Waals surface area contributed by atoms with Gasteiger partial charge in [-0.05, 0) is 55.7 Å². The first-order chi connectivity index (χ1) is 8.66. The van der Waals surface area contributed by atoms with Gasteiger partial charge < -0.3 is 9.84 Å². The van der Waals surface area contributed by atoms with Gasteiger partial charge in [-0.25, -0.2) is 0 Å². The molecule has 3 heteroatoms. The lowest BCUT2D eigenvalue weighted by Crippen LogP contribution is -2.45. The van der Waals surface area contributed by atoms with Crippen LogP contribution in [-0.2, 0) is 0 Å². The van der Waals surface area contributed by atoms with Crippen LogP contribution in [0.3, 0.4) is 0 Å². The molecule has 96 valence electrons. The number of hydrogen-bond donors (Lipinski definition) is 1. The fourth-order valence-electron chi connectivity index (χ4n) is 4.34. The second kappa shape index (κ2) is 3.73. The summed E-state index contributed by atoms with van der Waals surface area (Å²) in [6.07, 6.45) is 5.49. The van der Waals surface area contributed by atoms with Crippen molar-refractivity contribution < 1.29 is 9.84 Å². The van der Waals surface area contributed by atoms with Crippen LogP contribution in [0.1, 0.15) is 43.8 Å². The minimum absolute atomic E-state index is 0.0663. The lowest BCUT2D eigenvalue weighted by Gasteiger charge is -2.43. The van der Waals surface area contributed by atoms with Crippen molar-refractivity contribution in [1.29, 1.82) is 0 Å². The van der Waals surface area contributed by atoms with Crippen LogP contribution in [0, 0.1) is 11.8 Å². The third kappa shape index (κ3) is 1.50. The molecule has 2 aliphatic carbocycles. The average molecular weight is 309 g/mol. The number of hydrogen-bond acceptors (Lipinski definition) is 2. The quantitative estimate of drug-likeness (QED) is 0.789. The number of aliphatic hydroxyl groups is 1. The van der Waals surface area contributed by atoms with Crippen molar-refractivity contribution >= 4 is 15.9 Å². The van der Waals surface area contributed by atoms with E-state index in [-0.39, 0.29) is 11.7 Å². The highest BCUT2D eigenvalue weighted by atomic mass is 79.9. The lowest BCUT2D eigenvalue weighted by molar-refractivity contribution is -0.0509. The molecule has 0 amide bonds. The molecule has 4 atom stereocenters. The van der Waals surface area contributed by atoms with Gasteiger partial charge in [-0.2, -0.15) is 0 Å². The molecule has 1 spiro atoms. The third-order valence-corrected chi connectivity index (χ3v) is 5.60. The van der Waals surface area contributed by atoms with Gasteiger partial charge in [-0.15, -0.1) is 0 Å². The first-order valence-corrected chi connectivity index (χ1v) is 7.62. The molecular formula is C15H17BrO2. The topological polar surface area (TPSA) is 29.5 Å². The summed E-state index contributed by atoms with van der Waals surface area (Å²) in [6, 6.07) is 5.98. The van der Waals surface area contributed by atoms with E-state index in [2.05, 4.69) is 15.9 Å². The van der Waals surface area contributed by atoms with Gasteiger partial charge in [0, 0.05) is 16.5 Å². The van der Waals surface area contributed by atoms with E-state index in [0.29, 0.717) is 5.92 Å². The van der Waals surface area contributed by atoms with Gasteiger partial charge in [0.15, 0.2) is 0 Å². The molecule has 4 rings (SSSR count). The van der Waals surface area contributed by atoms with E-state index >= 15 is 0 Å². The number of ether oxygens (including phenoxy) is 1. The fraction of sp³-hybridized carbons (Fsp3) is 0.600. The molecule has 1 N–H and O–H groups in total. The van der Waals surface area contributed by atoms with Crippen molar-refractivity contribution in [2.24, 2.45) is 11.8 Å². The van der Waals surface area contributed by atoms with Crippen LogP contribution in [0.15, 0.2) is 22.7 Å². The lowest BCUT2D eigenvalue weighted by atomic mass is 9.77. The Morgan fingerprint density at radius 1 is 1.28 bits per heavy atom. The Hall–Kier alpha value is -0.540. The molecular weight excluding hydrogens is 292 g/mol. The number of rotatable bonds is 0. The van der Waals surface area contributed by atoms with E-state index in [9.17, 15) is 5.11 Å². The second-order valence-electron chi connectivity index (χ2n) is 6.15. The Kier molecular flexibility index (Phi) is 2.34. The van der Waals surface area contributed by atoms with Crippen LogP contribution < -0.4 is 4.74 Å². The molecule has 0 radical (unpaired) electrons. The number of aliphatic hydroxyl groups excluding tert-OH is 1. The highest BCUT2D eigenvalue weighted by molar-refractivity contribution is 9.10. The largest absolute Gasteiger partial charge is 0.486 e. The fourth-order valence-corrected chi connectivity index (χ4v) is 4.72. The standard InChI is InChI=1S/C15H17BrO2/c16-11-3-4-14-12(6-11)13(17)8-15(18-14)7-9-1-2-10(15)5-9/h3-4,6,9-10,13,17H,1-2,5,7-8H2/t9?,10?,13-,15?/m0/s1. The van der Waals surface area contributed by atoms with E-state index < -0.39 is 0 Å². The molecule has 2 bridgehead atoms. The summed E-state index contributed by atoms with van der Waals surface area (Å²) in [4.78, 5) is 0. The SMILES string of the molecule is O[C@H]1CC2(CC3CCC2C3)Oc2ccc(Br)cc21. The van der Waals surface area contributed by atoms with E-state index in [4.69, 9.17) is 4.74 Å². The molecule has 1 aromatic rings. The molecule has 1 heterocycles. The van der Waals surface area contributed by atoms with E-state index in [1.54, 1.807) is 0 Å². The minimum atomic E-state index is -0.370. The predicted molar refractivity (Wildman–Crippen MR) is 72.5 cm³/mol. The van der Waals surface area contributed by atoms with Gasteiger partial charge >= 0.3 is 0 Å². The Balaban J connectivity index is 1.74. The highest BCUT2D eigenvalue weighted by Crippen LogP contribution is 2.58. The smallest absolute Gasteiger partial charge is 0.126 e. The second-order valence-corrected chi connectivity index (χ2v) is 7.06. The molecule has 1 aliphatic heterocycles. The summed E-state index contributed by atoms with van der Waals surface area (Å²) in [7, 11) is 0. The molecule has 2 fully saturated rings. The summed E-state index contributed by atoms with van der Waals surface area (Å²) >= 11 is 3.46. The zero-order valence-electron chi connectivity index (χ0n) is 10.2. The summed E-state index contributed by atoms with van der Waals surface area (Å²) in [6.45, 7) is 0. The highest BCUT2D eigenvalue weighted by Gasteiger charge is 2.55. The van der Waals surface area contributed by atoms with E-state index in [0.717, 1.165) is 34.5 Å². The maximum Gasteiger partial charge on any atom is 0.126 e. The molecule has 0 aromatic heterocycles. The first-order valence-electron chi connectivity index (χ1n) is 6.83. The van der Waals surface area contributed by atoms with Crippen LogP contribution in [-0.4, -0.2) is 10.7 Å². The van der Waals surface area contributed by atoms with Crippen molar-refractivity contribution in [1.82, 2.24) is 0 Å². The predicted octanol–water partition coefficient (Wildman–Crippen LogP) is 3.82. The Morgan fingerprint density at radius 2 is 2.17 bits per heavy atom. The zero-order valence-corrected chi connectivity index (χ0v) is 11.8. The summed E-state index contributed by atoms with van der Waals surface area (Å²) in [5.41, 5.74) is 0.876. The zero-order chi connectivity index (χ0) is 12.3. The van der Waals surface area contributed by atoms with Crippen LogP contribution in [0.4, 0.5) is 0 Å². The van der Waals surface area contributed by atoms with Crippen molar-refractivity contribution in [3.63, 3.8) is 0 Å². The van der Waals surface area contributed by atoms with Gasteiger partial charge in [0.2, 0.25) is 0 Å². The van der Waals surface area contributed by atoms with Crippen LogP contribution in [0.5, 0.6) is 5.75 Å². The maximum atomic E-state index is 10.4. The monoisotopic (exact) mass is 308 g/mol. The molecule has 0 saturated heterocycles. The number of fused-ring (bicyclic) bond motifs is 4. The minimum Gasteiger partial charge on any atom is -0.486 e. The van der Waals surface area contributed by atoms with Gasteiger partial charge in [0.05, 0.1) is 6.10 Å². The number of benzene rings is 1. The van der Waals surface area contributed by atoms with Crippen molar-refractivity contribution in [2.45, 2.75) is 43.8 Å². The van der Waals surface area contributed by atoms with Crippen LogP contribution in [0.25, 0.3) is 0 Å². The summed E-state index contributed by atoms with van der Waals surface area (Å²) < 4.78 is 7.37. The summed E-state index contributed by atoms with van der Waals surface area (Å²) in [5, 5.41) is 10.4. The van der Waals surface area contributed by atoms with Crippen molar-refractivity contribution in [2.75, 3.05) is 0 Å². The van der Waals surface area contributed by atoms with Gasteiger partial charge in [-0.1, -0.05) is 15.9 Å². The Labute approximate surface area is 115 Å². The van der Waals surface area contributed by atoms with E-state index in [1.165, 1.54) is 19.3 Å². The molecule has 2 nitrogen and oxygen atoms in total. The van der Waals surface area contributed by atoms with Crippen molar-refractivity contribution in [3.05, 3.63) is 28.2 Å². The molecule has 3 unspecified atom stereocenters. The Morgan fingerprint density at radius 3 is 2.89 bits per heavy atom. The molecule has 1 aromatic carbocycles. The number of halogens is 1. The Bertz CT molecular complexity index is 501. The van der Waals surface area contributed by atoms with Gasteiger partial charge in [0.1, 0.15) is 11.4 Å². The van der Waals surface area contributed by atoms with E-state index in [1.807, 2.05) is 18.2 Å². The first kappa shape index (κ1) is 11.3. The van der Waals surface area contributed by atoms with Crippen molar-refractivity contribution in [3.8, 4) is 5.75 Å². The van der Waals surface area contributed by atoms with Gasteiger partial charge in [0.25, 0.3) is 0 Å². The van der Waals surface area contributed by atoms with Gasteiger partial charge in [-0.3, -0.25) is 0 Å².